The summed E-state index contributed by atoms with van der Waals surface area (Å²) in [5, 5.41) is 5.79. The minimum atomic E-state index is -0.628. The van der Waals surface area contributed by atoms with Gasteiger partial charge in [0.05, 0.1) is 0 Å². The van der Waals surface area contributed by atoms with Gasteiger partial charge >= 0.3 is 12.2 Å². The van der Waals surface area contributed by atoms with E-state index in [2.05, 4.69) is 10.6 Å². The quantitative estimate of drug-likeness (QED) is 0.398. The topological polar surface area (TPSA) is 127 Å². The van der Waals surface area contributed by atoms with Gasteiger partial charge in [-0.3, -0.25) is 19.4 Å². The van der Waals surface area contributed by atoms with Crippen molar-refractivity contribution >= 4 is 35.4 Å². The third kappa shape index (κ3) is 9.11. The van der Waals surface area contributed by atoms with Crippen LogP contribution in [0.1, 0.15) is 72.8 Å². The molecule has 2 aliphatic rings. The Hall–Kier alpha value is -4.28. The van der Waals surface area contributed by atoms with E-state index in [1.54, 1.807) is 77.9 Å². The van der Waals surface area contributed by atoms with Crippen molar-refractivity contribution in [2.24, 2.45) is 0 Å². The lowest BCUT2D eigenvalue weighted by atomic mass is 10.1. The molecule has 4 amide bonds. The fourth-order valence-electron chi connectivity index (χ4n) is 5.09. The van der Waals surface area contributed by atoms with Gasteiger partial charge in [0.15, 0.2) is 0 Å². The summed E-state index contributed by atoms with van der Waals surface area (Å²) < 4.78 is 16.8. The first-order valence-electron chi connectivity index (χ1n) is 15.1. The molecule has 2 heterocycles. The van der Waals surface area contributed by atoms with Gasteiger partial charge < -0.3 is 24.8 Å². The highest BCUT2D eigenvalue weighted by atomic mass is 16.6. The van der Waals surface area contributed by atoms with E-state index in [1.165, 1.54) is 9.80 Å². The van der Waals surface area contributed by atoms with Crippen molar-refractivity contribution in [1.82, 2.24) is 9.80 Å². The summed E-state index contributed by atoms with van der Waals surface area (Å²) in [6.45, 7) is 12.1. The lowest BCUT2D eigenvalue weighted by Crippen LogP contribution is -2.45. The highest BCUT2D eigenvalue weighted by Gasteiger charge is 2.37. The van der Waals surface area contributed by atoms with Gasteiger partial charge in [-0.15, -0.1) is 0 Å². The monoisotopic (exact) mass is 608 g/mol. The van der Waals surface area contributed by atoms with E-state index < -0.39 is 35.5 Å². The highest BCUT2D eigenvalue weighted by molar-refractivity contribution is 5.97. The van der Waals surface area contributed by atoms with Crippen LogP contribution in [-0.4, -0.2) is 70.2 Å². The predicted molar refractivity (Wildman–Crippen MR) is 166 cm³/mol. The molecule has 2 fully saturated rings. The van der Waals surface area contributed by atoms with Gasteiger partial charge in [-0.25, -0.2) is 9.59 Å². The Labute approximate surface area is 259 Å². The molecule has 2 aromatic carbocycles. The molecule has 0 aromatic heterocycles. The minimum absolute atomic E-state index is 0.241. The van der Waals surface area contributed by atoms with E-state index in [0.29, 0.717) is 49.7 Å². The van der Waals surface area contributed by atoms with Crippen LogP contribution in [0.3, 0.4) is 0 Å². The number of carbonyl (C=O) groups excluding carboxylic acids is 4. The largest absolute Gasteiger partial charge is 0.489 e. The summed E-state index contributed by atoms with van der Waals surface area (Å²) in [6, 6.07) is 13.2. The first-order chi connectivity index (χ1) is 20.7. The summed E-state index contributed by atoms with van der Waals surface area (Å²) in [7, 11) is 0. The fraction of sp³-hybridized carbons (Fsp3) is 0.515. The van der Waals surface area contributed by atoms with Gasteiger partial charge in [-0.1, -0.05) is 12.1 Å². The molecule has 2 aromatic rings. The molecule has 4 rings (SSSR count). The van der Waals surface area contributed by atoms with E-state index in [9.17, 15) is 19.2 Å². The number of rotatable bonds is 7. The Morgan fingerprint density at radius 3 is 1.50 bits per heavy atom. The van der Waals surface area contributed by atoms with Crippen molar-refractivity contribution < 1.29 is 33.4 Å². The molecular formula is C33H44N4O7. The highest BCUT2D eigenvalue weighted by Crippen LogP contribution is 2.25. The maximum atomic E-state index is 12.9. The minimum Gasteiger partial charge on any atom is -0.489 e. The Balaban J connectivity index is 1.24. The maximum Gasteiger partial charge on any atom is 0.410 e. The van der Waals surface area contributed by atoms with Gasteiger partial charge in [0.1, 0.15) is 35.6 Å². The molecule has 2 N–H and O–H groups in total. The Morgan fingerprint density at radius 2 is 1.09 bits per heavy atom. The Kier molecular flexibility index (Phi) is 10.1. The van der Waals surface area contributed by atoms with Crippen LogP contribution in [0, 0.1) is 0 Å². The van der Waals surface area contributed by atoms with Crippen LogP contribution in [0.25, 0.3) is 0 Å². The molecule has 2 saturated heterocycles. The van der Waals surface area contributed by atoms with Crippen LogP contribution in [0.4, 0.5) is 21.0 Å². The molecule has 0 radical (unpaired) electrons. The standard InChI is InChI=1S/C33H44N4O7/c1-32(2,3)43-30(40)36-19-7-9-26(36)28(38)34-23-13-11-22(12-14-23)21-42-25-17-15-24(16-18-25)35-29(39)27-10-8-20-37(27)31(41)44-33(4,5)6/h11-18,26-27H,7-10,19-21H2,1-6H3,(H,34,38)(H,35,39)/t26-,27-/m0/s1. The number of likely N-dealkylation sites (tertiary alicyclic amines) is 2. The van der Waals surface area contributed by atoms with Crippen LogP contribution in [-0.2, 0) is 25.7 Å². The number of nitrogens with zero attached hydrogens (tertiary/aromatic N) is 2. The van der Waals surface area contributed by atoms with Gasteiger partial charge in [0.2, 0.25) is 11.8 Å². The number of hydrogen-bond donors (Lipinski definition) is 2. The van der Waals surface area contributed by atoms with Gasteiger partial charge in [0, 0.05) is 24.5 Å². The van der Waals surface area contributed by atoms with Crippen LogP contribution in [0.5, 0.6) is 5.75 Å². The number of nitrogens with one attached hydrogen (secondary N) is 2. The smallest absolute Gasteiger partial charge is 0.410 e. The summed E-state index contributed by atoms with van der Waals surface area (Å²) in [5.41, 5.74) is 0.878. The van der Waals surface area contributed by atoms with Gasteiger partial charge in [-0.05, 0) is 109 Å². The van der Waals surface area contributed by atoms with Crippen molar-refractivity contribution in [2.45, 2.75) is 97.1 Å². The lowest BCUT2D eigenvalue weighted by Gasteiger charge is -2.28. The number of hydrogen-bond acceptors (Lipinski definition) is 7. The molecular weight excluding hydrogens is 564 g/mol. The first kappa shape index (κ1) is 32.6. The summed E-state index contributed by atoms with van der Waals surface area (Å²) in [6.07, 6.45) is 1.70. The maximum absolute atomic E-state index is 12.9. The summed E-state index contributed by atoms with van der Waals surface area (Å²) in [5.74, 6) is 0.134. The van der Waals surface area contributed by atoms with E-state index in [4.69, 9.17) is 14.2 Å². The normalized spacial score (nSPS) is 18.5. The Bertz CT molecular complexity index is 1230. The number of ether oxygens (including phenoxy) is 3. The van der Waals surface area contributed by atoms with E-state index in [1.807, 2.05) is 12.1 Å². The van der Waals surface area contributed by atoms with E-state index in [0.717, 1.165) is 18.4 Å². The van der Waals surface area contributed by atoms with Gasteiger partial charge in [0.25, 0.3) is 0 Å². The zero-order valence-corrected chi connectivity index (χ0v) is 26.5. The molecule has 11 heteroatoms. The van der Waals surface area contributed by atoms with Crippen molar-refractivity contribution in [2.75, 3.05) is 23.7 Å². The number of amides is 4. The molecule has 11 nitrogen and oxygen atoms in total. The number of benzene rings is 2. The van der Waals surface area contributed by atoms with Crippen molar-refractivity contribution in [3.8, 4) is 5.75 Å². The third-order valence-electron chi connectivity index (χ3n) is 7.12. The molecule has 44 heavy (non-hydrogen) atoms. The fourth-order valence-corrected chi connectivity index (χ4v) is 5.09. The molecule has 2 atom stereocenters. The molecule has 0 aliphatic carbocycles. The number of carbonyl (C=O) groups is 4. The molecule has 0 saturated carbocycles. The average Bonchev–Trinajstić information content (AvgIpc) is 3.62. The predicted octanol–water partition coefficient (Wildman–Crippen LogP) is 5.94. The van der Waals surface area contributed by atoms with Gasteiger partial charge in [-0.2, -0.15) is 0 Å². The van der Waals surface area contributed by atoms with Crippen molar-refractivity contribution in [3.05, 3.63) is 54.1 Å². The average molecular weight is 609 g/mol. The summed E-state index contributed by atoms with van der Waals surface area (Å²) in [4.78, 5) is 53.9. The molecule has 0 unspecified atom stereocenters. The van der Waals surface area contributed by atoms with Crippen LogP contribution in [0.2, 0.25) is 0 Å². The second-order valence-corrected chi connectivity index (χ2v) is 13.2. The Morgan fingerprint density at radius 1 is 0.682 bits per heavy atom. The van der Waals surface area contributed by atoms with Crippen LogP contribution < -0.4 is 15.4 Å². The molecule has 238 valence electrons. The first-order valence-corrected chi connectivity index (χ1v) is 15.1. The SMILES string of the molecule is CC(C)(C)OC(=O)N1CCC[C@H]1C(=O)Nc1ccc(COc2ccc(NC(=O)[C@@H]3CCCN3C(=O)OC(C)(C)C)cc2)cc1. The van der Waals surface area contributed by atoms with Crippen molar-refractivity contribution in [1.29, 1.82) is 0 Å². The molecule has 0 spiro atoms. The van der Waals surface area contributed by atoms with Crippen LogP contribution >= 0.6 is 0 Å². The van der Waals surface area contributed by atoms with E-state index in [-0.39, 0.29) is 11.8 Å². The zero-order valence-electron chi connectivity index (χ0n) is 26.5. The second-order valence-electron chi connectivity index (χ2n) is 13.2. The number of anilines is 2. The molecule has 0 bridgehead atoms. The van der Waals surface area contributed by atoms with Crippen molar-refractivity contribution in [3.63, 3.8) is 0 Å². The lowest BCUT2D eigenvalue weighted by molar-refractivity contribution is -0.121. The summed E-state index contributed by atoms with van der Waals surface area (Å²) >= 11 is 0. The second kappa shape index (κ2) is 13.6. The molecule has 2 aliphatic heterocycles. The zero-order chi connectivity index (χ0) is 32.1. The van der Waals surface area contributed by atoms with E-state index >= 15 is 0 Å². The third-order valence-corrected chi connectivity index (χ3v) is 7.12. The van der Waals surface area contributed by atoms with Crippen LogP contribution in [0.15, 0.2) is 48.5 Å².